The van der Waals surface area contributed by atoms with Crippen molar-refractivity contribution >= 4 is 23.1 Å². The van der Waals surface area contributed by atoms with Crippen molar-refractivity contribution in [2.24, 2.45) is 23.5 Å². The quantitative estimate of drug-likeness (QED) is 0.732. The van der Waals surface area contributed by atoms with Gasteiger partial charge in [0, 0.05) is 12.5 Å². The number of nitrogens with zero attached hydrogens (tertiary/aromatic N) is 1. The van der Waals surface area contributed by atoms with Crippen LogP contribution in [0.3, 0.4) is 0 Å². The number of fused-ring (bicyclic) bond motifs is 1. The zero-order valence-corrected chi connectivity index (χ0v) is 9.93. The summed E-state index contributed by atoms with van der Waals surface area (Å²) in [6, 6.07) is 0. The molecule has 2 fully saturated rings. The molecule has 0 aromatic rings. The average Bonchev–Trinajstić information content (AvgIpc) is 2.67. The standard InChI is InChI=1S/C11H18N2OS/c1-2-13(6-9(12)15)11(14)10-7-4-3-5-8(7)10/h7-8,10H,2-6H2,1H3,(H2,12,15). The van der Waals surface area contributed by atoms with E-state index in [-0.39, 0.29) is 5.91 Å². The van der Waals surface area contributed by atoms with E-state index in [0.717, 1.165) is 0 Å². The maximum Gasteiger partial charge on any atom is 0.226 e. The van der Waals surface area contributed by atoms with Crippen LogP contribution in [-0.4, -0.2) is 28.9 Å². The first-order chi connectivity index (χ1) is 7.15. The van der Waals surface area contributed by atoms with Gasteiger partial charge in [0.1, 0.15) is 0 Å². The molecular weight excluding hydrogens is 208 g/mol. The Kier molecular flexibility index (Phi) is 2.96. The van der Waals surface area contributed by atoms with Gasteiger partial charge in [-0.05, 0) is 31.6 Å². The highest BCUT2D eigenvalue weighted by molar-refractivity contribution is 7.80. The molecule has 0 aliphatic heterocycles. The second-order valence-corrected chi connectivity index (χ2v) is 5.13. The Balaban J connectivity index is 1.92. The van der Waals surface area contributed by atoms with Crippen molar-refractivity contribution in [1.29, 1.82) is 0 Å². The third kappa shape index (κ3) is 2.00. The first kappa shape index (κ1) is 10.9. The molecule has 4 heteroatoms. The highest BCUT2D eigenvalue weighted by Crippen LogP contribution is 2.58. The van der Waals surface area contributed by atoms with Crippen LogP contribution in [-0.2, 0) is 4.79 Å². The molecule has 2 N–H and O–H groups in total. The third-order valence-electron chi connectivity index (χ3n) is 3.73. The summed E-state index contributed by atoms with van der Waals surface area (Å²) in [5, 5.41) is 0. The van der Waals surface area contributed by atoms with Crippen LogP contribution in [0.1, 0.15) is 26.2 Å². The summed E-state index contributed by atoms with van der Waals surface area (Å²) in [4.78, 5) is 14.3. The van der Waals surface area contributed by atoms with Gasteiger partial charge in [0.05, 0.1) is 11.5 Å². The van der Waals surface area contributed by atoms with Crippen molar-refractivity contribution < 1.29 is 4.79 Å². The highest BCUT2D eigenvalue weighted by Gasteiger charge is 2.57. The summed E-state index contributed by atoms with van der Waals surface area (Å²) >= 11 is 4.85. The van der Waals surface area contributed by atoms with E-state index in [1.165, 1.54) is 19.3 Å². The fourth-order valence-corrected chi connectivity index (χ4v) is 3.09. The molecule has 2 aliphatic rings. The molecule has 84 valence electrons. The predicted octanol–water partition coefficient (Wildman–Crippen LogP) is 1.17. The molecule has 0 radical (unpaired) electrons. The molecule has 0 aromatic carbocycles. The molecule has 0 bridgehead atoms. The fraction of sp³-hybridized carbons (Fsp3) is 0.818. The first-order valence-electron chi connectivity index (χ1n) is 5.72. The lowest BCUT2D eigenvalue weighted by Crippen LogP contribution is -2.39. The number of thiocarbonyl (C=S) groups is 1. The first-order valence-corrected chi connectivity index (χ1v) is 6.13. The Morgan fingerprint density at radius 2 is 2.07 bits per heavy atom. The number of amides is 1. The lowest BCUT2D eigenvalue weighted by atomic mass is 10.1. The molecule has 2 saturated carbocycles. The van der Waals surface area contributed by atoms with Crippen LogP contribution in [0.15, 0.2) is 0 Å². The maximum absolute atomic E-state index is 12.1. The van der Waals surface area contributed by atoms with Crippen LogP contribution in [0.4, 0.5) is 0 Å². The fourth-order valence-electron chi connectivity index (χ4n) is 2.93. The number of hydrogen-bond donors (Lipinski definition) is 1. The second-order valence-electron chi connectivity index (χ2n) is 4.60. The molecule has 3 nitrogen and oxygen atoms in total. The largest absolute Gasteiger partial charge is 0.392 e. The van der Waals surface area contributed by atoms with Crippen LogP contribution in [0, 0.1) is 17.8 Å². The number of likely N-dealkylation sites (N-methyl/N-ethyl adjacent to an activating group) is 1. The SMILES string of the molecule is CCN(CC(N)=S)C(=O)C1C2CCCC21. The van der Waals surface area contributed by atoms with Gasteiger partial charge in [-0.2, -0.15) is 0 Å². The predicted molar refractivity (Wildman–Crippen MR) is 63.4 cm³/mol. The van der Waals surface area contributed by atoms with E-state index < -0.39 is 0 Å². The van der Waals surface area contributed by atoms with Crippen LogP contribution >= 0.6 is 12.2 Å². The lowest BCUT2D eigenvalue weighted by Gasteiger charge is -2.21. The van der Waals surface area contributed by atoms with Crippen molar-refractivity contribution in [3.05, 3.63) is 0 Å². The Labute approximate surface area is 96.0 Å². The minimum absolute atomic E-state index is 0.278. The molecule has 0 heterocycles. The van der Waals surface area contributed by atoms with Crippen molar-refractivity contribution in [3.63, 3.8) is 0 Å². The van der Waals surface area contributed by atoms with Crippen molar-refractivity contribution in [3.8, 4) is 0 Å². The number of carbonyl (C=O) groups excluding carboxylic acids is 1. The van der Waals surface area contributed by atoms with Gasteiger partial charge in [-0.3, -0.25) is 4.79 Å². The van der Waals surface area contributed by atoms with Crippen LogP contribution in [0.25, 0.3) is 0 Å². The highest BCUT2D eigenvalue weighted by atomic mass is 32.1. The number of nitrogens with two attached hydrogens (primary N) is 1. The zero-order valence-electron chi connectivity index (χ0n) is 9.11. The summed E-state index contributed by atoms with van der Waals surface area (Å²) in [6.45, 7) is 3.14. The smallest absolute Gasteiger partial charge is 0.226 e. The normalized spacial score (nSPS) is 32.2. The van der Waals surface area contributed by atoms with Gasteiger partial charge in [0.15, 0.2) is 0 Å². The van der Waals surface area contributed by atoms with Crippen molar-refractivity contribution in [1.82, 2.24) is 4.90 Å². The lowest BCUT2D eigenvalue weighted by molar-refractivity contribution is -0.132. The minimum Gasteiger partial charge on any atom is -0.392 e. The van der Waals surface area contributed by atoms with Gasteiger partial charge in [-0.25, -0.2) is 0 Å². The van der Waals surface area contributed by atoms with E-state index in [1.54, 1.807) is 4.90 Å². The van der Waals surface area contributed by atoms with Gasteiger partial charge in [-0.15, -0.1) is 0 Å². The number of rotatable bonds is 4. The summed E-state index contributed by atoms with van der Waals surface area (Å²) < 4.78 is 0. The summed E-state index contributed by atoms with van der Waals surface area (Å²) in [5.41, 5.74) is 5.48. The molecule has 2 atom stereocenters. The van der Waals surface area contributed by atoms with E-state index >= 15 is 0 Å². The van der Waals surface area contributed by atoms with E-state index in [0.29, 0.717) is 35.8 Å². The molecule has 0 saturated heterocycles. The van der Waals surface area contributed by atoms with Crippen LogP contribution < -0.4 is 5.73 Å². The molecule has 0 aromatic heterocycles. The minimum atomic E-state index is 0.278. The van der Waals surface area contributed by atoms with Crippen molar-refractivity contribution in [2.45, 2.75) is 26.2 Å². The monoisotopic (exact) mass is 226 g/mol. The number of hydrogen-bond acceptors (Lipinski definition) is 2. The van der Waals surface area contributed by atoms with Crippen LogP contribution in [0.2, 0.25) is 0 Å². The van der Waals surface area contributed by atoms with E-state index in [1.807, 2.05) is 6.92 Å². The molecule has 0 spiro atoms. The van der Waals surface area contributed by atoms with Gasteiger partial charge in [-0.1, -0.05) is 18.6 Å². The molecule has 2 aliphatic carbocycles. The van der Waals surface area contributed by atoms with E-state index in [2.05, 4.69) is 0 Å². The molecule has 15 heavy (non-hydrogen) atoms. The summed E-state index contributed by atoms with van der Waals surface area (Å²) in [5.74, 6) is 1.93. The Bertz CT molecular complexity index is 282. The Morgan fingerprint density at radius 3 is 2.53 bits per heavy atom. The third-order valence-corrected chi connectivity index (χ3v) is 3.86. The van der Waals surface area contributed by atoms with Gasteiger partial charge < -0.3 is 10.6 Å². The van der Waals surface area contributed by atoms with Gasteiger partial charge in [0.2, 0.25) is 5.91 Å². The van der Waals surface area contributed by atoms with E-state index in [9.17, 15) is 4.79 Å². The molecule has 2 unspecified atom stereocenters. The molecule has 1 amide bonds. The van der Waals surface area contributed by atoms with Gasteiger partial charge >= 0.3 is 0 Å². The second kappa shape index (κ2) is 4.08. The number of carbonyl (C=O) groups is 1. The Hall–Kier alpha value is -0.640. The van der Waals surface area contributed by atoms with E-state index in [4.69, 9.17) is 18.0 Å². The maximum atomic E-state index is 12.1. The Morgan fingerprint density at radius 1 is 1.47 bits per heavy atom. The van der Waals surface area contributed by atoms with Crippen molar-refractivity contribution in [2.75, 3.05) is 13.1 Å². The van der Waals surface area contributed by atoms with Gasteiger partial charge in [0.25, 0.3) is 0 Å². The topological polar surface area (TPSA) is 46.3 Å². The average molecular weight is 226 g/mol. The zero-order chi connectivity index (χ0) is 11.0. The molecule has 2 rings (SSSR count). The van der Waals surface area contributed by atoms with Crippen LogP contribution in [0.5, 0.6) is 0 Å². The summed E-state index contributed by atoms with van der Waals surface area (Å²) in [6.07, 6.45) is 3.79. The molecular formula is C11H18N2OS. The summed E-state index contributed by atoms with van der Waals surface area (Å²) in [7, 11) is 0.